The number of hydrogen-bond acceptors (Lipinski definition) is 5. The van der Waals surface area contributed by atoms with Crippen LogP contribution in [0.25, 0.3) is 0 Å². The van der Waals surface area contributed by atoms with Crippen LogP contribution in [0.3, 0.4) is 0 Å². The molecule has 1 aromatic carbocycles. The maximum absolute atomic E-state index is 13.6. The summed E-state index contributed by atoms with van der Waals surface area (Å²) in [6.45, 7) is 6.42. The van der Waals surface area contributed by atoms with Gasteiger partial charge in [-0.1, -0.05) is 39.3 Å². The molecule has 1 aliphatic heterocycles. The number of anilines is 1. The number of unbranched alkanes of at least 4 members (excludes halogenated alkanes) is 1. The number of hydrogen-bond donors (Lipinski definition) is 1. The molecule has 0 radical (unpaired) electrons. The van der Waals surface area contributed by atoms with Crippen molar-refractivity contribution in [1.29, 1.82) is 5.26 Å². The molecule has 0 spiro atoms. The molecule has 32 heavy (non-hydrogen) atoms. The summed E-state index contributed by atoms with van der Waals surface area (Å²) in [6.07, 6.45) is 4.48. The highest BCUT2D eigenvalue weighted by Crippen LogP contribution is 2.51. The van der Waals surface area contributed by atoms with Gasteiger partial charge >= 0.3 is 0 Å². The first kappa shape index (κ1) is 22.8. The minimum absolute atomic E-state index is 0.113. The van der Waals surface area contributed by atoms with Gasteiger partial charge in [0.05, 0.1) is 23.2 Å². The van der Waals surface area contributed by atoms with Gasteiger partial charge in [-0.3, -0.25) is 9.69 Å². The van der Waals surface area contributed by atoms with E-state index in [1.165, 1.54) is 4.88 Å². The molecule has 166 valence electrons. The van der Waals surface area contributed by atoms with Crippen molar-refractivity contribution < 1.29 is 4.79 Å². The van der Waals surface area contributed by atoms with E-state index in [1.807, 2.05) is 29.2 Å². The molecule has 2 heterocycles. The zero-order valence-electron chi connectivity index (χ0n) is 18.7. The summed E-state index contributed by atoms with van der Waals surface area (Å²) in [7, 11) is 0. The summed E-state index contributed by atoms with van der Waals surface area (Å²) >= 11 is 5.34. The number of Topliss-reactive ketones (excluding diaryl/α,β-unsaturated/α-hetero) is 1. The molecule has 0 saturated carbocycles. The summed E-state index contributed by atoms with van der Waals surface area (Å²) in [6, 6.07) is 14.4. The molecule has 4 nitrogen and oxygen atoms in total. The Bertz CT molecular complexity index is 1170. The predicted molar refractivity (Wildman–Crippen MR) is 134 cm³/mol. The molecule has 1 atom stereocenters. The molecule has 2 aliphatic rings. The number of ketones is 1. The summed E-state index contributed by atoms with van der Waals surface area (Å²) in [5, 5.41) is 10.2. The van der Waals surface area contributed by atoms with Crippen LogP contribution in [-0.2, 0) is 11.2 Å². The number of halogens is 1. The average Bonchev–Trinajstić information content (AvgIpc) is 3.20. The minimum atomic E-state index is -0.391. The number of nitrogens with two attached hydrogens (primary N) is 1. The van der Waals surface area contributed by atoms with Crippen LogP contribution in [0.4, 0.5) is 5.69 Å². The number of nitriles is 1. The van der Waals surface area contributed by atoms with Crippen LogP contribution < -0.4 is 10.6 Å². The lowest BCUT2D eigenvalue weighted by Crippen LogP contribution is -2.42. The van der Waals surface area contributed by atoms with Crippen LogP contribution in [0.15, 0.2) is 63.5 Å². The average molecular weight is 511 g/mol. The van der Waals surface area contributed by atoms with Crippen molar-refractivity contribution in [3.05, 3.63) is 73.3 Å². The van der Waals surface area contributed by atoms with Gasteiger partial charge in [0.2, 0.25) is 0 Å². The number of rotatable bonds is 5. The van der Waals surface area contributed by atoms with Gasteiger partial charge in [0.1, 0.15) is 5.82 Å². The topological polar surface area (TPSA) is 70.1 Å². The Morgan fingerprint density at radius 3 is 2.69 bits per heavy atom. The first-order valence-electron chi connectivity index (χ1n) is 11.1. The molecule has 0 fully saturated rings. The van der Waals surface area contributed by atoms with Crippen LogP contribution in [0.1, 0.15) is 62.1 Å². The Morgan fingerprint density at radius 1 is 1.25 bits per heavy atom. The standard InChI is InChI=1S/C26H28BrN3OS/c1-4-5-8-16-11-12-22(32-16)23-17(15-28)25(29)30(19-10-7-6-9-18(19)27)20-13-26(2,3)14-21(31)24(20)23/h6-7,9-12,23H,4-5,8,13-14,29H2,1-3H3. The third-order valence-corrected chi connectivity index (χ3v) is 8.10. The molecular formula is C26H28BrN3OS. The van der Waals surface area contributed by atoms with Gasteiger partial charge in [0.15, 0.2) is 5.78 Å². The number of nitrogens with zero attached hydrogens (tertiary/aromatic N) is 2. The van der Waals surface area contributed by atoms with E-state index in [0.29, 0.717) is 17.8 Å². The van der Waals surface area contributed by atoms with Crippen molar-refractivity contribution in [2.75, 3.05) is 4.90 Å². The number of allylic oxidation sites excluding steroid dienone is 3. The van der Waals surface area contributed by atoms with E-state index in [4.69, 9.17) is 5.73 Å². The van der Waals surface area contributed by atoms with Gasteiger partial charge in [0, 0.05) is 31.9 Å². The summed E-state index contributed by atoms with van der Waals surface area (Å²) < 4.78 is 0.874. The number of carbonyl (C=O) groups excluding carboxylic acids is 1. The van der Waals surface area contributed by atoms with Gasteiger partial charge in [-0.15, -0.1) is 11.3 Å². The normalized spacial score (nSPS) is 20.4. The van der Waals surface area contributed by atoms with E-state index >= 15 is 0 Å². The van der Waals surface area contributed by atoms with Crippen molar-refractivity contribution in [3.8, 4) is 6.07 Å². The predicted octanol–water partition coefficient (Wildman–Crippen LogP) is 6.79. The Kier molecular flexibility index (Phi) is 6.33. The largest absolute Gasteiger partial charge is 0.384 e. The van der Waals surface area contributed by atoms with E-state index in [-0.39, 0.29) is 11.2 Å². The fourth-order valence-corrected chi connectivity index (χ4v) is 6.37. The number of carbonyl (C=O) groups is 1. The monoisotopic (exact) mass is 509 g/mol. The SMILES string of the molecule is CCCCc1ccc(C2C(C#N)=C(N)N(c3ccccc3Br)C3=C2C(=O)CC(C)(C)C3)s1. The molecule has 2 aromatic rings. The van der Waals surface area contributed by atoms with Gasteiger partial charge < -0.3 is 5.73 Å². The second-order valence-corrected chi connectivity index (χ2v) is 11.4. The molecule has 1 aromatic heterocycles. The van der Waals surface area contributed by atoms with E-state index in [9.17, 15) is 10.1 Å². The summed E-state index contributed by atoms with van der Waals surface area (Å²) in [4.78, 5) is 17.8. The van der Waals surface area contributed by atoms with Gasteiger partial charge in [-0.2, -0.15) is 5.26 Å². The van der Waals surface area contributed by atoms with Crippen molar-refractivity contribution >= 4 is 38.7 Å². The quantitative estimate of drug-likeness (QED) is 0.481. The van der Waals surface area contributed by atoms with Crippen LogP contribution in [0.2, 0.25) is 0 Å². The highest BCUT2D eigenvalue weighted by atomic mass is 79.9. The van der Waals surface area contributed by atoms with Crippen molar-refractivity contribution in [2.24, 2.45) is 11.1 Å². The van der Waals surface area contributed by atoms with Gasteiger partial charge in [0.25, 0.3) is 0 Å². The second-order valence-electron chi connectivity index (χ2n) is 9.34. The Hall–Kier alpha value is -2.36. The third-order valence-electron chi connectivity index (χ3n) is 6.22. The molecule has 2 N–H and O–H groups in total. The highest BCUT2D eigenvalue weighted by Gasteiger charge is 2.45. The third kappa shape index (κ3) is 4.04. The van der Waals surface area contributed by atoms with Crippen LogP contribution >= 0.6 is 27.3 Å². The number of para-hydroxylation sites is 1. The number of thiophene rings is 1. The van der Waals surface area contributed by atoms with Crippen LogP contribution in [0.5, 0.6) is 0 Å². The molecular weight excluding hydrogens is 482 g/mol. The lowest BCUT2D eigenvalue weighted by atomic mass is 9.69. The minimum Gasteiger partial charge on any atom is -0.384 e. The Balaban J connectivity index is 1.93. The maximum Gasteiger partial charge on any atom is 0.162 e. The first-order chi connectivity index (χ1) is 15.3. The molecule has 4 rings (SSSR count). The highest BCUT2D eigenvalue weighted by molar-refractivity contribution is 9.10. The van der Waals surface area contributed by atoms with Crippen molar-refractivity contribution in [1.82, 2.24) is 0 Å². The zero-order valence-corrected chi connectivity index (χ0v) is 21.1. The lowest BCUT2D eigenvalue weighted by Gasteiger charge is -2.43. The fraction of sp³-hybridized carbons (Fsp3) is 0.385. The fourth-order valence-electron chi connectivity index (χ4n) is 4.74. The van der Waals surface area contributed by atoms with Gasteiger partial charge in [-0.25, -0.2) is 0 Å². The molecule has 0 saturated heterocycles. The maximum atomic E-state index is 13.6. The molecule has 1 aliphatic carbocycles. The summed E-state index contributed by atoms with van der Waals surface area (Å²) in [5.74, 6) is 0.136. The van der Waals surface area contributed by atoms with Crippen LogP contribution in [0, 0.1) is 16.7 Å². The Morgan fingerprint density at radius 2 is 2.00 bits per heavy atom. The molecule has 0 amide bonds. The van der Waals surface area contributed by atoms with E-state index in [0.717, 1.165) is 52.0 Å². The smallest absolute Gasteiger partial charge is 0.162 e. The van der Waals surface area contributed by atoms with Crippen molar-refractivity contribution in [2.45, 2.75) is 58.8 Å². The van der Waals surface area contributed by atoms with Crippen LogP contribution in [-0.4, -0.2) is 5.78 Å². The number of benzene rings is 1. The first-order valence-corrected chi connectivity index (χ1v) is 12.7. The molecule has 1 unspecified atom stereocenters. The molecule has 0 bridgehead atoms. The zero-order chi connectivity index (χ0) is 23.0. The second kappa shape index (κ2) is 8.88. The van der Waals surface area contributed by atoms with Crippen molar-refractivity contribution in [3.63, 3.8) is 0 Å². The van der Waals surface area contributed by atoms with E-state index in [1.54, 1.807) is 11.3 Å². The lowest BCUT2D eigenvalue weighted by molar-refractivity contribution is -0.118. The van der Waals surface area contributed by atoms with E-state index in [2.05, 4.69) is 54.9 Å². The Labute approximate surface area is 202 Å². The number of aryl methyl sites for hydroxylation is 1. The van der Waals surface area contributed by atoms with Gasteiger partial charge in [-0.05, 0) is 64.9 Å². The molecule has 6 heteroatoms. The summed E-state index contributed by atoms with van der Waals surface area (Å²) in [5.41, 5.74) is 9.49. The van der Waals surface area contributed by atoms with E-state index < -0.39 is 5.92 Å².